The van der Waals surface area contributed by atoms with Gasteiger partial charge >= 0.3 is 0 Å². The fourth-order valence-corrected chi connectivity index (χ4v) is 11.8. The maximum Gasteiger partial charge on any atom is 0.0788 e. The highest BCUT2D eigenvalue weighted by Gasteiger charge is 2.36. The van der Waals surface area contributed by atoms with Crippen LogP contribution in [0, 0.1) is 0 Å². The Bertz CT molecular complexity index is 4270. The molecule has 0 saturated carbocycles. The minimum atomic E-state index is -0.192. The van der Waals surface area contributed by atoms with Gasteiger partial charge in [0.25, 0.3) is 0 Å². The molecule has 73 heavy (non-hydrogen) atoms. The molecule has 0 spiro atoms. The van der Waals surface area contributed by atoms with Crippen LogP contribution in [0.15, 0.2) is 261 Å². The second-order valence-corrected chi connectivity index (χ2v) is 19.9. The molecule has 344 valence electrons. The van der Waals surface area contributed by atoms with Crippen molar-refractivity contribution in [1.29, 1.82) is 0 Å². The molecule has 13 aromatic rings. The fraction of sp³-hybridized carbons (Fsp3) is 0.0429. The van der Waals surface area contributed by atoms with Crippen LogP contribution in [0.4, 0.5) is 17.1 Å². The van der Waals surface area contributed by atoms with Crippen molar-refractivity contribution in [3.63, 3.8) is 0 Å². The van der Waals surface area contributed by atoms with Crippen molar-refractivity contribution in [3.8, 4) is 61.5 Å². The van der Waals surface area contributed by atoms with Gasteiger partial charge in [-0.3, -0.25) is 0 Å². The van der Waals surface area contributed by atoms with Crippen molar-refractivity contribution in [2.75, 3.05) is 4.90 Å². The minimum Gasteiger partial charge on any atom is -0.309 e. The number of para-hydroxylation sites is 2. The predicted octanol–water partition coefficient (Wildman–Crippen LogP) is 18.9. The molecule has 0 bridgehead atoms. The standard InChI is InChI=1S/C70H49N3/c1-70(2)60-29-14-12-28-56(60)57-42-40-53(45-61(57)70)72(63-31-16-13-27-55(63)50-37-35-47(36-38-50)46-19-5-3-6-20-46)65-33-18-34-66-68(65)58-41-39-52(44-67(58)73(66)64-32-17-25-48-23-9-11-26-54(48)64)69-59(49-21-7-4-8-22-49)43-51-24-10-15-30-62(51)71-69/h3-45H,1-2H3. The zero-order valence-electron chi connectivity index (χ0n) is 40.7. The number of nitrogens with zero attached hydrogens (tertiary/aromatic N) is 3. The summed E-state index contributed by atoms with van der Waals surface area (Å²) in [4.78, 5) is 7.99. The third-order valence-electron chi connectivity index (χ3n) is 15.4. The number of fused-ring (bicyclic) bond motifs is 8. The predicted molar refractivity (Wildman–Crippen MR) is 308 cm³/mol. The number of benzene rings is 11. The summed E-state index contributed by atoms with van der Waals surface area (Å²) in [6.07, 6.45) is 0. The molecule has 0 amide bonds. The number of rotatable bonds is 8. The molecule has 0 radical (unpaired) electrons. The molecule has 0 atom stereocenters. The van der Waals surface area contributed by atoms with E-state index in [1.54, 1.807) is 0 Å². The number of pyridine rings is 1. The van der Waals surface area contributed by atoms with Crippen LogP contribution in [0.1, 0.15) is 25.0 Å². The van der Waals surface area contributed by atoms with Crippen LogP contribution in [0.3, 0.4) is 0 Å². The van der Waals surface area contributed by atoms with Crippen molar-refractivity contribution >= 4 is 60.5 Å². The quantitative estimate of drug-likeness (QED) is 0.151. The molecule has 0 unspecified atom stereocenters. The lowest BCUT2D eigenvalue weighted by Gasteiger charge is -2.30. The normalized spacial score (nSPS) is 12.6. The molecule has 14 rings (SSSR count). The lowest BCUT2D eigenvalue weighted by atomic mass is 9.82. The first-order chi connectivity index (χ1) is 36.0. The van der Waals surface area contributed by atoms with E-state index in [9.17, 15) is 0 Å². The average molecular weight is 932 g/mol. The lowest BCUT2D eigenvalue weighted by Crippen LogP contribution is -2.17. The number of hydrogen-bond acceptors (Lipinski definition) is 2. The highest BCUT2D eigenvalue weighted by molar-refractivity contribution is 6.18. The van der Waals surface area contributed by atoms with Gasteiger partial charge in [-0.25, -0.2) is 4.98 Å². The molecule has 3 heteroatoms. The molecule has 0 saturated heterocycles. The van der Waals surface area contributed by atoms with Crippen LogP contribution in [0.5, 0.6) is 0 Å². The van der Waals surface area contributed by atoms with Gasteiger partial charge < -0.3 is 9.47 Å². The molecule has 1 aliphatic rings. The molecule has 2 heterocycles. The van der Waals surface area contributed by atoms with Crippen LogP contribution in [-0.4, -0.2) is 9.55 Å². The minimum absolute atomic E-state index is 0.192. The third-order valence-corrected chi connectivity index (χ3v) is 15.4. The van der Waals surface area contributed by atoms with Crippen molar-refractivity contribution in [2.24, 2.45) is 0 Å². The first kappa shape index (κ1) is 42.6. The van der Waals surface area contributed by atoms with E-state index in [-0.39, 0.29) is 5.41 Å². The van der Waals surface area contributed by atoms with Crippen molar-refractivity contribution in [2.45, 2.75) is 19.3 Å². The van der Waals surface area contributed by atoms with Gasteiger partial charge in [-0.15, -0.1) is 0 Å². The van der Waals surface area contributed by atoms with Gasteiger partial charge in [0.15, 0.2) is 0 Å². The smallest absolute Gasteiger partial charge is 0.0788 e. The summed E-state index contributed by atoms with van der Waals surface area (Å²) in [5, 5.41) is 5.83. The van der Waals surface area contributed by atoms with Crippen LogP contribution in [0.2, 0.25) is 0 Å². The Hall–Kier alpha value is -9.31. The van der Waals surface area contributed by atoms with E-state index in [1.165, 1.54) is 49.5 Å². The number of hydrogen-bond donors (Lipinski definition) is 0. The summed E-state index contributed by atoms with van der Waals surface area (Å²) in [5.74, 6) is 0. The number of aromatic nitrogens is 2. The largest absolute Gasteiger partial charge is 0.309 e. The van der Waals surface area contributed by atoms with Crippen molar-refractivity contribution in [3.05, 3.63) is 272 Å². The lowest BCUT2D eigenvalue weighted by molar-refractivity contribution is 0.660. The van der Waals surface area contributed by atoms with E-state index in [2.05, 4.69) is 284 Å². The summed E-state index contributed by atoms with van der Waals surface area (Å²) in [5.41, 5.74) is 21.7. The second-order valence-electron chi connectivity index (χ2n) is 19.9. The average Bonchev–Trinajstić information content (AvgIpc) is 3.92. The van der Waals surface area contributed by atoms with Gasteiger partial charge in [-0.05, 0) is 104 Å². The molecule has 0 fully saturated rings. The monoisotopic (exact) mass is 931 g/mol. The van der Waals surface area contributed by atoms with Gasteiger partial charge in [0.05, 0.1) is 39.3 Å². The van der Waals surface area contributed by atoms with Gasteiger partial charge in [0.2, 0.25) is 0 Å². The summed E-state index contributed by atoms with van der Waals surface area (Å²) >= 11 is 0. The Balaban J connectivity index is 1.05. The molecule has 1 aliphatic carbocycles. The molecule has 2 aromatic heterocycles. The Labute approximate surface area is 425 Å². The summed E-state index contributed by atoms with van der Waals surface area (Å²) < 4.78 is 2.50. The van der Waals surface area contributed by atoms with Crippen molar-refractivity contribution in [1.82, 2.24) is 9.55 Å². The molecular formula is C70H49N3. The van der Waals surface area contributed by atoms with E-state index < -0.39 is 0 Å². The Kier molecular flexibility index (Phi) is 9.87. The Morgan fingerprint density at radius 2 is 0.973 bits per heavy atom. The van der Waals surface area contributed by atoms with E-state index in [0.717, 1.165) is 83.6 Å². The topological polar surface area (TPSA) is 21.1 Å². The van der Waals surface area contributed by atoms with Crippen LogP contribution in [-0.2, 0) is 5.41 Å². The fourth-order valence-electron chi connectivity index (χ4n) is 11.8. The molecular weight excluding hydrogens is 883 g/mol. The van der Waals surface area contributed by atoms with E-state index in [0.29, 0.717) is 0 Å². The van der Waals surface area contributed by atoms with E-state index in [1.807, 2.05) is 0 Å². The first-order valence-electron chi connectivity index (χ1n) is 25.3. The zero-order chi connectivity index (χ0) is 48.6. The first-order valence-corrected chi connectivity index (χ1v) is 25.3. The Morgan fingerprint density at radius 3 is 1.81 bits per heavy atom. The molecule has 11 aromatic carbocycles. The van der Waals surface area contributed by atoms with Crippen LogP contribution < -0.4 is 4.90 Å². The molecule has 3 nitrogen and oxygen atoms in total. The maximum atomic E-state index is 5.46. The van der Waals surface area contributed by atoms with Crippen LogP contribution in [0.25, 0.3) is 105 Å². The van der Waals surface area contributed by atoms with Gasteiger partial charge in [0.1, 0.15) is 0 Å². The highest BCUT2D eigenvalue weighted by atomic mass is 15.2. The number of anilines is 3. The zero-order valence-corrected chi connectivity index (χ0v) is 40.7. The third kappa shape index (κ3) is 6.92. The highest BCUT2D eigenvalue weighted by Crippen LogP contribution is 2.53. The summed E-state index contributed by atoms with van der Waals surface area (Å²) in [7, 11) is 0. The summed E-state index contributed by atoms with van der Waals surface area (Å²) in [6.45, 7) is 4.75. The van der Waals surface area contributed by atoms with E-state index in [4.69, 9.17) is 4.98 Å². The maximum absolute atomic E-state index is 5.46. The van der Waals surface area contributed by atoms with Crippen molar-refractivity contribution < 1.29 is 0 Å². The molecule has 0 aliphatic heterocycles. The van der Waals surface area contributed by atoms with Gasteiger partial charge in [-0.2, -0.15) is 0 Å². The second kappa shape index (κ2) is 16.9. The SMILES string of the molecule is CC1(C)c2ccccc2-c2ccc(N(c3ccccc3-c3ccc(-c4ccccc4)cc3)c3cccc4c3c3ccc(-c5nc6ccccc6cc5-c5ccccc5)cc3n4-c3cccc4ccccc34)cc21. The molecule has 0 N–H and O–H groups in total. The summed E-state index contributed by atoms with van der Waals surface area (Å²) in [6, 6.07) is 95.5. The van der Waals surface area contributed by atoms with Gasteiger partial charge in [-0.1, -0.05) is 220 Å². The van der Waals surface area contributed by atoms with Crippen LogP contribution >= 0.6 is 0 Å². The van der Waals surface area contributed by atoms with Gasteiger partial charge in [0, 0.05) is 49.3 Å². The van der Waals surface area contributed by atoms with E-state index >= 15 is 0 Å². The Morgan fingerprint density at radius 1 is 0.370 bits per heavy atom.